The zero-order valence-electron chi connectivity index (χ0n) is 17.9. The quantitative estimate of drug-likeness (QED) is 0.450. The number of ether oxygens (including phenoxy) is 1. The zero-order chi connectivity index (χ0) is 22.5. The molecule has 0 unspecified atom stereocenters. The van der Waals surface area contributed by atoms with E-state index < -0.39 is 0 Å². The molecular formula is C23H25N5O4. The number of amides is 1. The molecule has 1 aromatic heterocycles. The van der Waals surface area contributed by atoms with Gasteiger partial charge in [0.1, 0.15) is 5.75 Å². The molecule has 0 atom stereocenters. The Balaban J connectivity index is 1.35. The number of fused-ring (bicyclic) bond motifs is 1. The number of nitrogens with zero attached hydrogens (tertiary/aromatic N) is 4. The molecule has 0 radical (unpaired) electrons. The Hall–Kier alpha value is -3.72. The Bertz CT molecular complexity index is 1130. The number of benzene rings is 2. The van der Waals surface area contributed by atoms with E-state index in [2.05, 4.69) is 20.1 Å². The molecule has 1 fully saturated rings. The first kappa shape index (κ1) is 21.5. The van der Waals surface area contributed by atoms with Gasteiger partial charge in [-0.25, -0.2) is 0 Å². The SMILES string of the molecule is COc1ccccc1CNC(=O)CN1CCN(c2ccc([N+](=O)[O-])c3cnccc23)CC1. The smallest absolute Gasteiger partial charge is 0.278 e. The normalized spacial score (nSPS) is 14.3. The number of rotatable bonds is 7. The molecule has 0 aliphatic carbocycles. The van der Waals surface area contributed by atoms with Crippen molar-refractivity contribution in [3.8, 4) is 5.75 Å². The van der Waals surface area contributed by atoms with Crippen molar-refractivity contribution in [3.63, 3.8) is 0 Å². The minimum atomic E-state index is -0.380. The van der Waals surface area contributed by atoms with Gasteiger partial charge < -0.3 is 15.0 Å². The van der Waals surface area contributed by atoms with Crippen LogP contribution in [0.4, 0.5) is 11.4 Å². The summed E-state index contributed by atoms with van der Waals surface area (Å²) in [7, 11) is 1.62. The Morgan fingerprint density at radius 2 is 1.91 bits per heavy atom. The van der Waals surface area contributed by atoms with E-state index in [1.54, 1.807) is 25.6 Å². The fourth-order valence-electron chi connectivity index (χ4n) is 4.04. The molecule has 4 rings (SSSR count). The lowest BCUT2D eigenvalue weighted by Crippen LogP contribution is -2.49. The summed E-state index contributed by atoms with van der Waals surface area (Å²) in [6.45, 7) is 3.67. The number of pyridine rings is 1. The van der Waals surface area contributed by atoms with Crippen LogP contribution in [0.1, 0.15) is 5.56 Å². The van der Waals surface area contributed by atoms with E-state index in [0.717, 1.165) is 48.6 Å². The summed E-state index contributed by atoms with van der Waals surface area (Å²) in [5.41, 5.74) is 1.95. The lowest BCUT2D eigenvalue weighted by molar-refractivity contribution is -0.383. The Morgan fingerprint density at radius 1 is 1.12 bits per heavy atom. The maximum atomic E-state index is 12.4. The second-order valence-corrected chi connectivity index (χ2v) is 7.63. The highest BCUT2D eigenvalue weighted by Crippen LogP contribution is 2.33. The summed E-state index contributed by atoms with van der Waals surface area (Å²) in [6.07, 6.45) is 3.19. The van der Waals surface area contributed by atoms with Gasteiger partial charge in [0.2, 0.25) is 5.91 Å². The van der Waals surface area contributed by atoms with Crippen LogP contribution in [0, 0.1) is 10.1 Å². The van der Waals surface area contributed by atoms with E-state index in [0.29, 0.717) is 18.5 Å². The third kappa shape index (κ3) is 4.62. The zero-order valence-corrected chi connectivity index (χ0v) is 17.9. The summed E-state index contributed by atoms with van der Waals surface area (Å²) in [5.74, 6) is 0.725. The maximum absolute atomic E-state index is 12.4. The van der Waals surface area contributed by atoms with Gasteiger partial charge in [0.05, 0.1) is 24.0 Å². The maximum Gasteiger partial charge on any atom is 0.278 e. The van der Waals surface area contributed by atoms with Gasteiger partial charge in [0.15, 0.2) is 0 Å². The van der Waals surface area contributed by atoms with Crippen LogP contribution in [0.15, 0.2) is 54.9 Å². The first-order chi connectivity index (χ1) is 15.6. The van der Waals surface area contributed by atoms with Crippen LogP contribution in [0.5, 0.6) is 5.75 Å². The second-order valence-electron chi connectivity index (χ2n) is 7.63. The number of anilines is 1. The topological polar surface area (TPSA) is 101 Å². The number of carbonyl (C=O) groups is 1. The molecule has 0 spiro atoms. The largest absolute Gasteiger partial charge is 0.496 e. The average molecular weight is 435 g/mol. The number of nitrogens with one attached hydrogen (secondary N) is 1. The summed E-state index contributed by atoms with van der Waals surface area (Å²) in [5, 5.41) is 15.7. The van der Waals surface area contributed by atoms with Gasteiger partial charge in [-0.1, -0.05) is 18.2 Å². The minimum absolute atomic E-state index is 0.0313. The van der Waals surface area contributed by atoms with Crippen LogP contribution < -0.4 is 15.0 Å². The molecule has 1 aliphatic heterocycles. The molecule has 2 heterocycles. The van der Waals surface area contributed by atoms with E-state index in [-0.39, 0.29) is 16.5 Å². The van der Waals surface area contributed by atoms with Crippen LogP contribution in [-0.2, 0) is 11.3 Å². The first-order valence-corrected chi connectivity index (χ1v) is 10.4. The van der Waals surface area contributed by atoms with E-state index in [1.807, 2.05) is 30.3 Å². The van der Waals surface area contributed by atoms with Gasteiger partial charge in [0.25, 0.3) is 5.69 Å². The van der Waals surface area contributed by atoms with Gasteiger partial charge in [-0.3, -0.25) is 24.8 Å². The van der Waals surface area contributed by atoms with Crippen LogP contribution in [-0.4, -0.2) is 60.5 Å². The number of non-ortho nitro benzene ring substituents is 1. The van der Waals surface area contributed by atoms with Crippen molar-refractivity contribution in [2.24, 2.45) is 0 Å². The predicted molar refractivity (Wildman–Crippen MR) is 122 cm³/mol. The number of nitro benzene ring substituents is 1. The van der Waals surface area contributed by atoms with Gasteiger partial charge >= 0.3 is 0 Å². The summed E-state index contributed by atoms with van der Waals surface area (Å²) in [6, 6.07) is 12.8. The molecule has 2 aromatic carbocycles. The molecule has 32 heavy (non-hydrogen) atoms. The van der Waals surface area contributed by atoms with Crippen molar-refractivity contribution < 1.29 is 14.5 Å². The van der Waals surface area contributed by atoms with E-state index in [4.69, 9.17) is 4.74 Å². The fourth-order valence-corrected chi connectivity index (χ4v) is 4.04. The van der Waals surface area contributed by atoms with Gasteiger partial charge in [-0.2, -0.15) is 0 Å². The first-order valence-electron chi connectivity index (χ1n) is 10.4. The van der Waals surface area contributed by atoms with Crippen molar-refractivity contribution in [1.29, 1.82) is 0 Å². The fraction of sp³-hybridized carbons (Fsp3) is 0.304. The molecule has 1 N–H and O–H groups in total. The van der Waals surface area contributed by atoms with Crippen LogP contribution in [0.3, 0.4) is 0 Å². The van der Waals surface area contributed by atoms with Crippen molar-refractivity contribution in [1.82, 2.24) is 15.2 Å². The number of nitro groups is 1. The van der Waals surface area contributed by atoms with Crippen molar-refractivity contribution >= 4 is 28.1 Å². The predicted octanol–water partition coefficient (Wildman–Crippen LogP) is 2.59. The van der Waals surface area contributed by atoms with Crippen LogP contribution in [0.25, 0.3) is 10.8 Å². The number of para-hydroxylation sites is 1. The lowest BCUT2D eigenvalue weighted by atomic mass is 10.1. The van der Waals surface area contributed by atoms with E-state index >= 15 is 0 Å². The number of methoxy groups -OCH3 is 1. The standard InChI is InChI=1S/C23H25N5O4/c1-32-22-5-3-2-4-17(22)14-25-23(29)16-26-10-12-27(13-11-26)20-6-7-21(28(30)31)19-15-24-9-8-18(19)20/h2-9,15H,10-14,16H2,1H3,(H,25,29). The highest BCUT2D eigenvalue weighted by atomic mass is 16.6. The van der Waals surface area contributed by atoms with E-state index in [1.165, 1.54) is 6.07 Å². The molecule has 9 heteroatoms. The molecule has 3 aromatic rings. The van der Waals surface area contributed by atoms with Gasteiger partial charge in [-0.15, -0.1) is 0 Å². The molecule has 1 saturated heterocycles. The number of hydrogen-bond donors (Lipinski definition) is 1. The average Bonchev–Trinajstić information content (AvgIpc) is 2.82. The van der Waals surface area contributed by atoms with Crippen LogP contribution >= 0.6 is 0 Å². The molecule has 1 amide bonds. The summed E-state index contributed by atoms with van der Waals surface area (Å²) >= 11 is 0. The summed E-state index contributed by atoms with van der Waals surface area (Å²) in [4.78, 5) is 31.8. The number of carbonyl (C=O) groups excluding carboxylic acids is 1. The minimum Gasteiger partial charge on any atom is -0.496 e. The Morgan fingerprint density at radius 3 is 2.66 bits per heavy atom. The molecule has 9 nitrogen and oxygen atoms in total. The molecular weight excluding hydrogens is 410 g/mol. The molecule has 0 bridgehead atoms. The third-order valence-corrected chi connectivity index (χ3v) is 5.72. The number of piperazine rings is 1. The monoisotopic (exact) mass is 435 g/mol. The van der Waals surface area contributed by atoms with Crippen molar-refractivity contribution in [2.45, 2.75) is 6.54 Å². The second kappa shape index (κ2) is 9.61. The molecule has 1 aliphatic rings. The Labute approximate surface area is 185 Å². The number of aromatic nitrogens is 1. The van der Waals surface area contributed by atoms with E-state index in [9.17, 15) is 14.9 Å². The van der Waals surface area contributed by atoms with Crippen molar-refractivity contribution in [3.05, 3.63) is 70.5 Å². The molecule has 166 valence electrons. The van der Waals surface area contributed by atoms with Gasteiger partial charge in [-0.05, 0) is 18.2 Å². The summed E-state index contributed by atoms with van der Waals surface area (Å²) < 4.78 is 5.32. The third-order valence-electron chi connectivity index (χ3n) is 5.72. The van der Waals surface area contributed by atoms with Crippen molar-refractivity contribution in [2.75, 3.05) is 44.7 Å². The highest BCUT2D eigenvalue weighted by Gasteiger charge is 2.22. The van der Waals surface area contributed by atoms with Crippen LogP contribution in [0.2, 0.25) is 0 Å². The number of hydrogen-bond acceptors (Lipinski definition) is 7. The Kier molecular flexibility index (Phi) is 6.46. The van der Waals surface area contributed by atoms with Gasteiger partial charge in [0, 0.05) is 67.8 Å². The highest BCUT2D eigenvalue weighted by molar-refractivity contribution is 5.99. The lowest BCUT2D eigenvalue weighted by Gasteiger charge is -2.36. The molecule has 0 saturated carbocycles.